The van der Waals surface area contributed by atoms with Gasteiger partial charge in [-0.25, -0.2) is 9.97 Å². The molecule has 1 aromatic rings. The summed E-state index contributed by atoms with van der Waals surface area (Å²) in [5, 5.41) is 3.95. The van der Waals surface area contributed by atoms with Gasteiger partial charge in [0.2, 0.25) is 0 Å². The largest absolute Gasteiger partial charge is 0.381 e. The van der Waals surface area contributed by atoms with Gasteiger partial charge in [0.25, 0.3) is 0 Å². The molecule has 4 nitrogen and oxygen atoms in total. The molecule has 94 valence electrons. The van der Waals surface area contributed by atoms with E-state index in [-0.39, 0.29) is 0 Å². The van der Waals surface area contributed by atoms with Gasteiger partial charge in [0, 0.05) is 24.8 Å². The molecule has 0 saturated carbocycles. The van der Waals surface area contributed by atoms with Crippen molar-refractivity contribution in [2.24, 2.45) is 5.92 Å². The van der Waals surface area contributed by atoms with Crippen molar-refractivity contribution in [1.29, 1.82) is 0 Å². The van der Waals surface area contributed by atoms with Crippen molar-refractivity contribution in [3.63, 3.8) is 0 Å². The van der Waals surface area contributed by atoms with Crippen molar-refractivity contribution < 1.29 is 4.74 Å². The number of halogens is 1. The lowest BCUT2D eigenvalue weighted by Gasteiger charge is -2.29. The van der Waals surface area contributed by atoms with Gasteiger partial charge in [-0.05, 0) is 32.6 Å². The van der Waals surface area contributed by atoms with E-state index in [4.69, 9.17) is 16.3 Å². The third kappa shape index (κ3) is 3.07. The van der Waals surface area contributed by atoms with Crippen molar-refractivity contribution in [3.8, 4) is 0 Å². The number of rotatable bonds is 3. The van der Waals surface area contributed by atoms with Gasteiger partial charge in [-0.15, -0.1) is 0 Å². The average Bonchev–Trinajstić information content (AvgIpc) is 2.36. The molecule has 1 saturated heterocycles. The maximum absolute atomic E-state index is 5.97. The summed E-state index contributed by atoms with van der Waals surface area (Å²) in [6.07, 6.45) is 3.70. The van der Waals surface area contributed by atoms with Gasteiger partial charge in [-0.3, -0.25) is 0 Å². The zero-order valence-corrected chi connectivity index (χ0v) is 11.0. The van der Waals surface area contributed by atoms with Crippen LogP contribution < -0.4 is 5.32 Å². The molecular weight excluding hydrogens is 238 g/mol. The molecule has 0 radical (unpaired) electrons. The molecule has 5 heteroatoms. The van der Waals surface area contributed by atoms with Gasteiger partial charge < -0.3 is 10.1 Å². The lowest BCUT2D eigenvalue weighted by atomic mass is 9.93. The first-order valence-corrected chi connectivity index (χ1v) is 6.37. The van der Waals surface area contributed by atoms with Crippen LogP contribution >= 0.6 is 11.6 Å². The minimum absolute atomic E-state index is 0.378. The summed E-state index contributed by atoms with van der Waals surface area (Å²) in [5.41, 5.74) is 0.910. The maximum Gasteiger partial charge on any atom is 0.137 e. The highest BCUT2D eigenvalue weighted by atomic mass is 35.5. The first kappa shape index (κ1) is 12.6. The molecule has 0 aliphatic carbocycles. The molecular formula is C12H18ClN3O. The Balaban J connectivity index is 2.01. The van der Waals surface area contributed by atoms with Crippen LogP contribution in [0.15, 0.2) is 6.33 Å². The van der Waals surface area contributed by atoms with Crippen LogP contribution in [0.25, 0.3) is 0 Å². The molecule has 0 bridgehead atoms. The standard InChI is InChI=1S/C12H18ClN3O/c1-8-11(13)14-7-15-12(8)16-9(2)10-3-5-17-6-4-10/h7,9-10H,3-6H2,1-2H3,(H,14,15,16). The molecule has 1 unspecified atom stereocenters. The Bertz CT molecular complexity index is 380. The molecule has 17 heavy (non-hydrogen) atoms. The topological polar surface area (TPSA) is 47.0 Å². The van der Waals surface area contributed by atoms with Gasteiger partial charge in [-0.2, -0.15) is 0 Å². The van der Waals surface area contributed by atoms with Gasteiger partial charge in [-0.1, -0.05) is 11.6 Å². The van der Waals surface area contributed by atoms with Crippen molar-refractivity contribution in [2.45, 2.75) is 32.7 Å². The van der Waals surface area contributed by atoms with Crippen molar-refractivity contribution in [2.75, 3.05) is 18.5 Å². The van der Waals surface area contributed by atoms with E-state index in [1.165, 1.54) is 6.33 Å². The fraction of sp³-hybridized carbons (Fsp3) is 0.667. The summed E-state index contributed by atoms with van der Waals surface area (Å²) in [5.74, 6) is 1.47. The second-order valence-electron chi connectivity index (χ2n) is 4.52. The van der Waals surface area contributed by atoms with Gasteiger partial charge in [0.05, 0.1) is 0 Å². The molecule has 0 amide bonds. The smallest absolute Gasteiger partial charge is 0.137 e. The monoisotopic (exact) mass is 255 g/mol. The molecule has 1 aromatic heterocycles. The number of nitrogens with zero attached hydrogens (tertiary/aromatic N) is 2. The van der Waals surface area contributed by atoms with Crippen LogP contribution in [-0.4, -0.2) is 29.2 Å². The van der Waals surface area contributed by atoms with Crippen LogP contribution in [0.1, 0.15) is 25.3 Å². The number of ether oxygens (including phenoxy) is 1. The summed E-state index contributed by atoms with van der Waals surface area (Å²) in [4.78, 5) is 8.19. The Morgan fingerprint density at radius 3 is 2.82 bits per heavy atom. The highest BCUT2D eigenvalue weighted by molar-refractivity contribution is 6.30. The molecule has 2 heterocycles. The second kappa shape index (κ2) is 5.65. The predicted octanol–water partition coefficient (Wildman–Crippen LogP) is 2.67. The van der Waals surface area contributed by atoms with E-state index in [0.29, 0.717) is 17.1 Å². The number of hydrogen-bond donors (Lipinski definition) is 1. The fourth-order valence-corrected chi connectivity index (χ4v) is 2.26. The Hall–Kier alpha value is -0.870. The zero-order valence-electron chi connectivity index (χ0n) is 10.2. The third-order valence-corrected chi connectivity index (χ3v) is 3.74. The van der Waals surface area contributed by atoms with Crippen molar-refractivity contribution in [1.82, 2.24) is 9.97 Å². The number of aromatic nitrogens is 2. The van der Waals surface area contributed by atoms with Gasteiger partial charge >= 0.3 is 0 Å². The third-order valence-electron chi connectivity index (χ3n) is 3.36. The predicted molar refractivity (Wildman–Crippen MR) is 68.4 cm³/mol. The van der Waals surface area contributed by atoms with E-state index >= 15 is 0 Å². The minimum atomic E-state index is 0.378. The number of nitrogens with one attached hydrogen (secondary N) is 1. The SMILES string of the molecule is Cc1c(Cl)ncnc1NC(C)C1CCOCC1. The Morgan fingerprint density at radius 2 is 2.12 bits per heavy atom. The van der Waals surface area contributed by atoms with Crippen LogP contribution in [0.4, 0.5) is 5.82 Å². The quantitative estimate of drug-likeness (QED) is 0.844. The van der Waals surface area contributed by atoms with Crippen LogP contribution in [0.2, 0.25) is 5.15 Å². The fourth-order valence-electron chi connectivity index (χ4n) is 2.12. The van der Waals surface area contributed by atoms with Crippen molar-refractivity contribution >= 4 is 17.4 Å². The molecule has 1 atom stereocenters. The minimum Gasteiger partial charge on any atom is -0.381 e. The molecule has 1 aliphatic rings. The summed E-state index contributed by atoms with van der Waals surface area (Å²) >= 11 is 5.97. The van der Waals surface area contributed by atoms with E-state index in [1.54, 1.807) is 0 Å². The van der Waals surface area contributed by atoms with E-state index < -0.39 is 0 Å². The molecule has 2 rings (SSSR count). The lowest BCUT2D eigenvalue weighted by Crippen LogP contribution is -2.31. The maximum atomic E-state index is 5.97. The van der Waals surface area contributed by atoms with Crippen LogP contribution in [0, 0.1) is 12.8 Å². The summed E-state index contributed by atoms with van der Waals surface area (Å²) in [7, 11) is 0. The van der Waals surface area contributed by atoms with E-state index in [2.05, 4.69) is 22.2 Å². The summed E-state index contributed by atoms with van der Waals surface area (Å²) in [6, 6.07) is 0.378. The Labute approximate surface area is 107 Å². The van der Waals surface area contributed by atoms with Crippen LogP contribution in [-0.2, 0) is 4.74 Å². The van der Waals surface area contributed by atoms with E-state index in [0.717, 1.165) is 37.4 Å². The van der Waals surface area contributed by atoms with Crippen molar-refractivity contribution in [3.05, 3.63) is 17.0 Å². The second-order valence-corrected chi connectivity index (χ2v) is 4.88. The highest BCUT2D eigenvalue weighted by Crippen LogP contribution is 2.24. The molecule has 0 spiro atoms. The lowest BCUT2D eigenvalue weighted by molar-refractivity contribution is 0.0622. The molecule has 1 aliphatic heterocycles. The van der Waals surface area contributed by atoms with E-state index in [1.807, 2.05) is 6.92 Å². The normalized spacial score (nSPS) is 19.0. The van der Waals surface area contributed by atoms with Crippen LogP contribution in [0.3, 0.4) is 0 Å². The van der Waals surface area contributed by atoms with Gasteiger partial charge in [0.1, 0.15) is 17.3 Å². The first-order chi connectivity index (χ1) is 8.18. The number of hydrogen-bond acceptors (Lipinski definition) is 4. The molecule has 0 aromatic carbocycles. The number of anilines is 1. The van der Waals surface area contributed by atoms with E-state index in [9.17, 15) is 0 Å². The van der Waals surface area contributed by atoms with Crippen LogP contribution in [0.5, 0.6) is 0 Å². The Kier molecular flexibility index (Phi) is 4.18. The Morgan fingerprint density at radius 1 is 1.41 bits per heavy atom. The first-order valence-electron chi connectivity index (χ1n) is 6.00. The van der Waals surface area contributed by atoms with Gasteiger partial charge in [0.15, 0.2) is 0 Å². The zero-order chi connectivity index (χ0) is 12.3. The molecule has 1 fully saturated rings. The summed E-state index contributed by atoms with van der Waals surface area (Å²) in [6.45, 7) is 5.84. The highest BCUT2D eigenvalue weighted by Gasteiger charge is 2.21. The summed E-state index contributed by atoms with van der Waals surface area (Å²) < 4.78 is 5.37. The average molecular weight is 256 g/mol. The molecule has 1 N–H and O–H groups in total.